The first-order valence-electron chi connectivity index (χ1n) is 6.19. The molecule has 3 N–H and O–H groups in total. The van der Waals surface area contributed by atoms with E-state index < -0.39 is 15.8 Å². The number of benzene rings is 1. The summed E-state index contributed by atoms with van der Waals surface area (Å²) in [6.45, 7) is 6.08. The van der Waals surface area contributed by atoms with E-state index in [-0.39, 0.29) is 21.6 Å². The Kier molecular flexibility index (Phi) is 3.35. The van der Waals surface area contributed by atoms with E-state index >= 15 is 0 Å². The van der Waals surface area contributed by atoms with Gasteiger partial charge in [0.25, 0.3) is 0 Å². The monoisotopic (exact) mass is 286 g/mol. The smallest absolute Gasteiger partial charge is 0.240 e. The van der Waals surface area contributed by atoms with Gasteiger partial charge in [0.15, 0.2) is 0 Å². The third-order valence-corrected chi connectivity index (χ3v) is 5.31. The molecule has 0 saturated heterocycles. The van der Waals surface area contributed by atoms with Gasteiger partial charge < -0.3 is 5.73 Å². The Labute approximate surface area is 113 Å². The largest absolute Gasteiger partial charge is 0.398 e. The molecule has 0 amide bonds. The molecular formula is C13H19FN2O2S. The van der Waals surface area contributed by atoms with E-state index in [1.807, 2.05) is 0 Å². The minimum atomic E-state index is -3.70. The summed E-state index contributed by atoms with van der Waals surface area (Å²) in [6, 6.07) is 2.30. The lowest BCUT2D eigenvalue weighted by molar-refractivity contribution is 0.536. The van der Waals surface area contributed by atoms with Crippen LogP contribution in [0.3, 0.4) is 0 Å². The lowest BCUT2D eigenvalue weighted by Gasteiger charge is -2.10. The average molecular weight is 286 g/mol. The Morgan fingerprint density at radius 3 is 2.53 bits per heavy atom. The molecule has 1 unspecified atom stereocenters. The van der Waals surface area contributed by atoms with E-state index in [1.54, 1.807) is 0 Å². The van der Waals surface area contributed by atoms with E-state index in [2.05, 4.69) is 18.6 Å². The maximum Gasteiger partial charge on any atom is 0.240 e. The highest BCUT2D eigenvalue weighted by Gasteiger charge is 2.45. The summed E-state index contributed by atoms with van der Waals surface area (Å²) in [5.74, 6) is -0.262. The molecule has 1 aliphatic carbocycles. The number of sulfonamides is 1. The van der Waals surface area contributed by atoms with Gasteiger partial charge >= 0.3 is 0 Å². The van der Waals surface area contributed by atoms with Crippen molar-refractivity contribution in [3.8, 4) is 0 Å². The number of anilines is 1. The highest BCUT2D eigenvalue weighted by Crippen LogP contribution is 2.51. The van der Waals surface area contributed by atoms with Crippen LogP contribution < -0.4 is 10.5 Å². The second kappa shape index (κ2) is 4.45. The summed E-state index contributed by atoms with van der Waals surface area (Å²) in [7, 11) is -3.70. The Morgan fingerprint density at radius 2 is 2.05 bits per heavy atom. The third-order valence-electron chi connectivity index (χ3n) is 3.91. The molecule has 19 heavy (non-hydrogen) atoms. The lowest BCUT2D eigenvalue weighted by Crippen LogP contribution is -2.27. The second-order valence-corrected chi connectivity index (χ2v) is 7.63. The van der Waals surface area contributed by atoms with Crippen LogP contribution in [0.4, 0.5) is 10.1 Å². The Hall–Kier alpha value is -1.14. The quantitative estimate of drug-likeness (QED) is 0.832. The molecule has 0 radical (unpaired) electrons. The van der Waals surface area contributed by atoms with Gasteiger partial charge in [-0.25, -0.2) is 17.5 Å². The molecule has 1 fully saturated rings. The maximum atomic E-state index is 13.5. The van der Waals surface area contributed by atoms with Crippen LogP contribution in [0.25, 0.3) is 0 Å². The molecule has 0 heterocycles. The number of nitrogen functional groups attached to an aromatic ring is 1. The third kappa shape index (κ3) is 2.90. The minimum absolute atomic E-state index is 0.119. The van der Waals surface area contributed by atoms with Crippen molar-refractivity contribution in [1.29, 1.82) is 0 Å². The summed E-state index contributed by atoms with van der Waals surface area (Å²) in [6.07, 6.45) is 1.000. The van der Waals surface area contributed by atoms with Crippen LogP contribution in [-0.2, 0) is 10.0 Å². The zero-order valence-corrected chi connectivity index (χ0v) is 12.1. The van der Waals surface area contributed by atoms with Gasteiger partial charge in [-0.2, -0.15) is 0 Å². The Bertz CT molecular complexity index is 588. The van der Waals surface area contributed by atoms with Gasteiger partial charge in [0.2, 0.25) is 10.0 Å². The van der Waals surface area contributed by atoms with Gasteiger partial charge in [0.1, 0.15) is 5.82 Å². The van der Waals surface area contributed by atoms with Crippen LogP contribution >= 0.6 is 0 Å². The summed E-state index contributed by atoms with van der Waals surface area (Å²) < 4.78 is 40.2. The zero-order chi connectivity index (χ0) is 14.4. The molecule has 0 aliphatic heterocycles. The SMILES string of the molecule is Cc1c(N)cc(S(=O)(=O)NCC2CC2(C)C)cc1F. The van der Waals surface area contributed by atoms with E-state index in [4.69, 9.17) is 5.73 Å². The van der Waals surface area contributed by atoms with Crippen molar-refractivity contribution in [1.82, 2.24) is 4.72 Å². The standard InChI is InChI=1S/C13H19FN2O2S/c1-8-11(14)4-10(5-12(8)15)19(17,18)16-7-9-6-13(9,2)3/h4-5,9,16H,6-7,15H2,1-3H3. The highest BCUT2D eigenvalue weighted by molar-refractivity contribution is 7.89. The Morgan fingerprint density at radius 1 is 1.47 bits per heavy atom. The maximum absolute atomic E-state index is 13.5. The molecule has 1 aliphatic rings. The molecular weight excluding hydrogens is 267 g/mol. The number of nitrogens with two attached hydrogens (primary N) is 1. The van der Waals surface area contributed by atoms with Crippen molar-refractivity contribution in [2.75, 3.05) is 12.3 Å². The van der Waals surface area contributed by atoms with Crippen LogP contribution in [0.1, 0.15) is 25.8 Å². The normalized spacial score (nSPS) is 21.4. The van der Waals surface area contributed by atoms with Crippen molar-refractivity contribution >= 4 is 15.7 Å². The van der Waals surface area contributed by atoms with E-state index in [0.717, 1.165) is 12.5 Å². The number of rotatable bonds is 4. The fraction of sp³-hybridized carbons (Fsp3) is 0.538. The van der Waals surface area contributed by atoms with Crippen molar-refractivity contribution in [3.05, 3.63) is 23.5 Å². The van der Waals surface area contributed by atoms with Gasteiger partial charge in [-0.15, -0.1) is 0 Å². The van der Waals surface area contributed by atoms with Crippen molar-refractivity contribution < 1.29 is 12.8 Å². The Balaban J connectivity index is 2.16. The zero-order valence-electron chi connectivity index (χ0n) is 11.3. The fourth-order valence-corrected chi connectivity index (χ4v) is 3.18. The van der Waals surface area contributed by atoms with E-state index in [1.165, 1.54) is 13.0 Å². The number of nitrogens with one attached hydrogen (secondary N) is 1. The highest BCUT2D eigenvalue weighted by atomic mass is 32.2. The van der Waals surface area contributed by atoms with Gasteiger partial charge in [0.05, 0.1) is 4.90 Å². The first-order chi connectivity index (χ1) is 8.63. The van der Waals surface area contributed by atoms with Crippen LogP contribution in [0.5, 0.6) is 0 Å². The second-order valence-electron chi connectivity index (χ2n) is 5.86. The van der Waals surface area contributed by atoms with Gasteiger partial charge in [-0.3, -0.25) is 0 Å². The number of hydrogen-bond acceptors (Lipinski definition) is 3. The summed E-state index contributed by atoms with van der Waals surface area (Å²) in [4.78, 5) is -0.119. The molecule has 0 spiro atoms. The molecule has 6 heteroatoms. The predicted octanol–water partition coefficient (Wildman–Crippen LogP) is 2.04. The molecule has 1 saturated carbocycles. The van der Waals surface area contributed by atoms with Crippen LogP contribution in [0.2, 0.25) is 0 Å². The van der Waals surface area contributed by atoms with Crippen LogP contribution in [0, 0.1) is 24.1 Å². The molecule has 1 aromatic carbocycles. The summed E-state index contributed by atoms with van der Waals surface area (Å²) in [5, 5.41) is 0. The van der Waals surface area contributed by atoms with Gasteiger partial charge in [-0.05, 0) is 36.8 Å². The molecule has 1 aromatic rings. The first-order valence-corrected chi connectivity index (χ1v) is 7.67. The average Bonchev–Trinajstić information content (AvgIpc) is 2.91. The summed E-state index contributed by atoms with van der Waals surface area (Å²) in [5.41, 5.74) is 6.20. The number of hydrogen-bond donors (Lipinski definition) is 2. The number of halogens is 1. The fourth-order valence-electron chi connectivity index (χ4n) is 2.05. The molecule has 4 nitrogen and oxygen atoms in total. The lowest BCUT2D eigenvalue weighted by atomic mass is 10.1. The van der Waals surface area contributed by atoms with Crippen molar-refractivity contribution in [3.63, 3.8) is 0 Å². The van der Waals surface area contributed by atoms with Crippen molar-refractivity contribution in [2.24, 2.45) is 11.3 Å². The van der Waals surface area contributed by atoms with Crippen molar-refractivity contribution in [2.45, 2.75) is 32.1 Å². The molecule has 2 rings (SSSR count). The summed E-state index contributed by atoms with van der Waals surface area (Å²) >= 11 is 0. The molecule has 106 valence electrons. The van der Waals surface area contributed by atoms with Crippen LogP contribution in [-0.4, -0.2) is 15.0 Å². The predicted molar refractivity (Wildman–Crippen MR) is 72.6 cm³/mol. The topological polar surface area (TPSA) is 72.2 Å². The van der Waals surface area contributed by atoms with E-state index in [0.29, 0.717) is 12.5 Å². The van der Waals surface area contributed by atoms with Gasteiger partial charge in [0, 0.05) is 17.8 Å². The van der Waals surface area contributed by atoms with Crippen LogP contribution in [0.15, 0.2) is 17.0 Å². The molecule has 1 atom stereocenters. The minimum Gasteiger partial charge on any atom is -0.398 e. The van der Waals surface area contributed by atoms with E-state index in [9.17, 15) is 12.8 Å². The van der Waals surface area contributed by atoms with Gasteiger partial charge in [-0.1, -0.05) is 13.8 Å². The molecule has 0 bridgehead atoms. The molecule has 0 aromatic heterocycles. The first kappa shape index (κ1) is 14.3.